The fraction of sp³-hybridized carbons (Fsp3) is 0.167. The Balaban J connectivity index is 2.19. The van der Waals surface area contributed by atoms with Crippen LogP contribution in [0.5, 0.6) is 0 Å². The first-order valence-corrected chi connectivity index (χ1v) is 5.60. The van der Waals surface area contributed by atoms with Crippen molar-refractivity contribution in [3.05, 3.63) is 46.5 Å². The summed E-state index contributed by atoms with van der Waals surface area (Å²) in [5.74, 6) is 0. The van der Waals surface area contributed by atoms with Crippen molar-refractivity contribution < 1.29 is 0 Å². The summed E-state index contributed by atoms with van der Waals surface area (Å²) in [6, 6.07) is 10.0. The topological polar surface area (TPSA) is 25.2 Å². The number of aliphatic imine (C=N–C) groups is 1. The van der Waals surface area contributed by atoms with Crippen molar-refractivity contribution in [1.82, 2.24) is 4.98 Å². The molecule has 76 valence electrons. The molecule has 2 rings (SSSR count). The van der Waals surface area contributed by atoms with Crippen LogP contribution in [0.2, 0.25) is 0 Å². The quantitative estimate of drug-likeness (QED) is 0.705. The third-order valence-electron chi connectivity index (χ3n) is 2.14. The van der Waals surface area contributed by atoms with Crippen molar-refractivity contribution in [3.63, 3.8) is 0 Å². The molecule has 0 aliphatic heterocycles. The zero-order chi connectivity index (χ0) is 10.7. The van der Waals surface area contributed by atoms with Crippen LogP contribution < -0.4 is 0 Å². The highest BCUT2D eigenvalue weighted by Gasteiger charge is 2.00. The van der Waals surface area contributed by atoms with Gasteiger partial charge in [-0.05, 0) is 19.4 Å². The molecule has 15 heavy (non-hydrogen) atoms. The average Bonchev–Trinajstić information content (AvgIpc) is 2.57. The highest BCUT2D eigenvalue weighted by atomic mass is 32.1. The SMILES string of the molecule is Cc1nc(/N=C/c2ccccc2)sc1C. The summed E-state index contributed by atoms with van der Waals surface area (Å²) in [7, 11) is 0. The minimum absolute atomic E-state index is 0.828. The van der Waals surface area contributed by atoms with Crippen molar-refractivity contribution in [2.75, 3.05) is 0 Å². The maximum Gasteiger partial charge on any atom is 0.209 e. The van der Waals surface area contributed by atoms with E-state index >= 15 is 0 Å². The molecule has 1 heterocycles. The van der Waals surface area contributed by atoms with Gasteiger partial charge in [0.15, 0.2) is 0 Å². The molecule has 0 fully saturated rings. The van der Waals surface area contributed by atoms with Crippen LogP contribution >= 0.6 is 11.3 Å². The molecule has 0 unspecified atom stereocenters. The number of hydrogen-bond donors (Lipinski definition) is 0. The molecular weight excluding hydrogens is 204 g/mol. The molecule has 0 spiro atoms. The summed E-state index contributed by atoms with van der Waals surface area (Å²) in [6.07, 6.45) is 1.84. The maximum absolute atomic E-state index is 4.35. The predicted octanol–water partition coefficient (Wildman–Crippen LogP) is 3.51. The number of hydrogen-bond acceptors (Lipinski definition) is 3. The van der Waals surface area contributed by atoms with Gasteiger partial charge in [0.1, 0.15) is 0 Å². The van der Waals surface area contributed by atoms with Gasteiger partial charge in [-0.2, -0.15) is 0 Å². The second-order valence-electron chi connectivity index (χ2n) is 3.31. The first kappa shape index (κ1) is 10.1. The second kappa shape index (κ2) is 4.36. The van der Waals surface area contributed by atoms with Crippen LogP contribution in [0, 0.1) is 13.8 Å². The Labute approximate surface area is 93.3 Å². The van der Waals surface area contributed by atoms with Crippen LogP contribution in [0.4, 0.5) is 5.13 Å². The maximum atomic E-state index is 4.35. The molecule has 0 aliphatic carbocycles. The Morgan fingerprint density at radius 2 is 1.93 bits per heavy atom. The van der Waals surface area contributed by atoms with E-state index in [0.29, 0.717) is 0 Å². The minimum atomic E-state index is 0.828. The standard InChI is InChI=1S/C12H12N2S/c1-9-10(2)15-12(14-9)13-8-11-6-4-3-5-7-11/h3-8H,1-2H3/b13-8+. The van der Waals surface area contributed by atoms with E-state index in [4.69, 9.17) is 0 Å². The molecule has 0 aliphatic rings. The lowest BCUT2D eigenvalue weighted by molar-refractivity contribution is 1.22. The predicted molar refractivity (Wildman–Crippen MR) is 65.3 cm³/mol. The fourth-order valence-corrected chi connectivity index (χ4v) is 1.94. The molecule has 0 amide bonds. The molecule has 0 saturated heterocycles. The molecule has 0 N–H and O–H groups in total. The Morgan fingerprint density at radius 3 is 2.53 bits per heavy atom. The molecule has 0 radical (unpaired) electrons. The zero-order valence-electron chi connectivity index (χ0n) is 8.77. The van der Waals surface area contributed by atoms with Crippen molar-refractivity contribution in [2.45, 2.75) is 13.8 Å². The van der Waals surface area contributed by atoms with Gasteiger partial charge >= 0.3 is 0 Å². The van der Waals surface area contributed by atoms with Crippen molar-refractivity contribution in [1.29, 1.82) is 0 Å². The Morgan fingerprint density at radius 1 is 1.20 bits per heavy atom. The third kappa shape index (κ3) is 2.50. The molecule has 3 heteroatoms. The number of nitrogens with zero attached hydrogens (tertiary/aromatic N) is 2. The lowest BCUT2D eigenvalue weighted by atomic mass is 10.2. The van der Waals surface area contributed by atoms with Crippen LogP contribution in [0.1, 0.15) is 16.1 Å². The van der Waals surface area contributed by atoms with Gasteiger partial charge in [0.25, 0.3) is 0 Å². The lowest BCUT2D eigenvalue weighted by Gasteiger charge is -1.88. The lowest BCUT2D eigenvalue weighted by Crippen LogP contribution is -1.77. The Kier molecular flexibility index (Phi) is 2.92. The number of aromatic nitrogens is 1. The van der Waals surface area contributed by atoms with Gasteiger partial charge in [-0.3, -0.25) is 0 Å². The number of benzene rings is 1. The molecule has 0 saturated carbocycles. The van der Waals surface area contributed by atoms with Gasteiger partial charge in [0.2, 0.25) is 5.13 Å². The highest BCUT2D eigenvalue weighted by molar-refractivity contribution is 7.15. The molecule has 2 nitrogen and oxygen atoms in total. The molecule has 0 atom stereocenters. The average molecular weight is 216 g/mol. The van der Waals surface area contributed by atoms with Crippen LogP contribution in [0.3, 0.4) is 0 Å². The number of rotatable bonds is 2. The van der Waals surface area contributed by atoms with Gasteiger partial charge in [-0.15, -0.1) is 0 Å². The zero-order valence-corrected chi connectivity index (χ0v) is 9.58. The van der Waals surface area contributed by atoms with E-state index in [1.807, 2.05) is 43.5 Å². The Bertz CT molecular complexity index is 452. The number of thiazole rings is 1. The summed E-state index contributed by atoms with van der Waals surface area (Å²) in [5, 5.41) is 0.828. The van der Waals surface area contributed by atoms with E-state index in [1.54, 1.807) is 11.3 Å². The van der Waals surface area contributed by atoms with E-state index in [0.717, 1.165) is 16.4 Å². The first-order valence-electron chi connectivity index (χ1n) is 4.79. The van der Waals surface area contributed by atoms with Crippen molar-refractivity contribution >= 4 is 22.7 Å². The van der Waals surface area contributed by atoms with E-state index in [-0.39, 0.29) is 0 Å². The van der Waals surface area contributed by atoms with E-state index < -0.39 is 0 Å². The molecule has 1 aromatic carbocycles. The summed E-state index contributed by atoms with van der Waals surface area (Å²) in [5.41, 5.74) is 2.17. The minimum Gasteiger partial charge on any atom is -0.227 e. The van der Waals surface area contributed by atoms with Crippen LogP contribution in [0.25, 0.3) is 0 Å². The van der Waals surface area contributed by atoms with Crippen LogP contribution in [0.15, 0.2) is 35.3 Å². The van der Waals surface area contributed by atoms with Crippen molar-refractivity contribution in [3.8, 4) is 0 Å². The second-order valence-corrected chi connectivity index (χ2v) is 4.49. The monoisotopic (exact) mass is 216 g/mol. The normalized spacial score (nSPS) is 11.1. The van der Waals surface area contributed by atoms with Gasteiger partial charge in [0.05, 0.1) is 5.69 Å². The summed E-state index contributed by atoms with van der Waals surface area (Å²) in [4.78, 5) is 9.92. The van der Waals surface area contributed by atoms with Gasteiger partial charge in [-0.1, -0.05) is 41.7 Å². The largest absolute Gasteiger partial charge is 0.227 e. The van der Waals surface area contributed by atoms with Crippen molar-refractivity contribution in [2.24, 2.45) is 4.99 Å². The molecule has 2 aromatic rings. The summed E-state index contributed by atoms with van der Waals surface area (Å²) in [6.45, 7) is 4.07. The van der Waals surface area contributed by atoms with E-state index in [9.17, 15) is 0 Å². The Hall–Kier alpha value is -1.48. The van der Waals surface area contributed by atoms with Crippen LogP contribution in [-0.4, -0.2) is 11.2 Å². The van der Waals surface area contributed by atoms with Gasteiger partial charge < -0.3 is 0 Å². The van der Waals surface area contributed by atoms with E-state index in [2.05, 4.69) is 16.9 Å². The van der Waals surface area contributed by atoms with Crippen LogP contribution in [-0.2, 0) is 0 Å². The van der Waals surface area contributed by atoms with Gasteiger partial charge in [-0.25, -0.2) is 9.98 Å². The summed E-state index contributed by atoms with van der Waals surface area (Å²) >= 11 is 1.62. The first-order chi connectivity index (χ1) is 7.25. The molecule has 0 bridgehead atoms. The van der Waals surface area contributed by atoms with Gasteiger partial charge in [0, 0.05) is 11.1 Å². The number of aryl methyl sites for hydroxylation is 2. The molecular formula is C12H12N2S. The highest BCUT2D eigenvalue weighted by Crippen LogP contribution is 2.23. The molecule has 1 aromatic heterocycles. The smallest absolute Gasteiger partial charge is 0.209 e. The third-order valence-corrected chi connectivity index (χ3v) is 3.12. The van der Waals surface area contributed by atoms with E-state index in [1.165, 1.54) is 4.88 Å². The fourth-order valence-electron chi connectivity index (χ4n) is 1.18. The summed E-state index contributed by atoms with van der Waals surface area (Å²) < 4.78 is 0.